The van der Waals surface area contributed by atoms with Crippen LogP contribution in [-0.4, -0.2) is 113 Å². The van der Waals surface area contributed by atoms with E-state index in [4.69, 9.17) is 10.5 Å². The Hall–Kier alpha value is -5.47. The molecule has 3 aliphatic heterocycles. The van der Waals surface area contributed by atoms with Crippen molar-refractivity contribution in [2.24, 2.45) is 18.7 Å². The predicted molar refractivity (Wildman–Crippen MR) is 231 cm³/mol. The molecule has 4 fully saturated rings. The van der Waals surface area contributed by atoms with Crippen molar-refractivity contribution in [3.05, 3.63) is 75.7 Å². The van der Waals surface area contributed by atoms with Crippen LogP contribution in [0.25, 0.3) is 16.7 Å². The topological polar surface area (TPSA) is 180 Å². The van der Waals surface area contributed by atoms with E-state index in [-0.39, 0.29) is 72.1 Å². The molecule has 2 atom stereocenters. The second-order valence-electron chi connectivity index (χ2n) is 18.3. The number of piperidine rings is 3. The monoisotopic (exact) mass is 905 g/mol. The first-order chi connectivity index (χ1) is 31.2. The van der Waals surface area contributed by atoms with E-state index < -0.39 is 54.8 Å². The number of imidazole rings is 1. The summed E-state index contributed by atoms with van der Waals surface area (Å²) < 4.78 is 69.7. The molecule has 0 spiro atoms. The number of para-hydroxylation sites is 1. The second kappa shape index (κ2) is 18.4. The minimum Gasteiger partial charge on any atom is -0.378 e. The average Bonchev–Trinajstić information content (AvgIpc) is 3.97. The Morgan fingerprint density at radius 2 is 1.82 bits per heavy atom. The number of rotatable bonds is 14. The average molecular weight is 906 g/mol. The zero-order chi connectivity index (χ0) is 45.6. The number of hydrogen-bond acceptors (Lipinski definition) is 11. The maximum absolute atomic E-state index is 14.3. The fraction of sp³-hybridized carbons (Fsp3) is 0.578. The highest BCUT2D eigenvalue weighted by Crippen LogP contribution is 2.35. The smallest absolute Gasteiger partial charge is 0.329 e. The molecule has 7 heterocycles. The van der Waals surface area contributed by atoms with Crippen molar-refractivity contribution >= 4 is 40.1 Å². The van der Waals surface area contributed by atoms with Crippen molar-refractivity contribution in [1.29, 1.82) is 0 Å². The van der Waals surface area contributed by atoms with Gasteiger partial charge in [0.05, 0.1) is 41.5 Å². The number of aryl methyl sites for hydroxylation is 2. The first-order valence-corrected chi connectivity index (χ1v) is 22.7. The Bertz CT molecular complexity index is 2620. The number of aromatic nitrogens is 7. The quantitative estimate of drug-likeness (QED) is 0.0668. The number of carbonyl (C=O) groups excluding carboxylic acids is 3. The van der Waals surface area contributed by atoms with Crippen LogP contribution in [0.5, 0.6) is 0 Å². The molecule has 3 N–H and O–H groups in total. The summed E-state index contributed by atoms with van der Waals surface area (Å²) in [7, 11) is 1.71. The Morgan fingerprint density at radius 3 is 2.55 bits per heavy atom. The molecule has 4 aliphatic rings. The molecular weight excluding hydrogens is 851 g/mol. The van der Waals surface area contributed by atoms with Crippen LogP contribution in [0.4, 0.5) is 23.4 Å². The lowest BCUT2D eigenvalue weighted by Gasteiger charge is -2.36. The third-order valence-corrected chi connectivity index (χ3v) is 13.7. The molecule has 2 amide bonds. The van der Waals surface area contributed by atoms with E-state index in [1.165, 1.54) is 32.4 Å². The number of amides is 2. The van der Waals surface area contributed by atoms with Crippen LogP contribution in [0, 0.1) is 5.92 Å². The molecule has 65 heavy (non-hydrogen) atoms. The minimum atomic E-state index is -2.99. The summed E-state index contributed by atoms with van der Waals surface area (Å²) in [5.74, 6) is -3.54. The molecule has 1 unspecified atom stereocenters. The standard InChI is InChI=1S/C45H55F4N11O5/c1-55-40-28(4-2-6-34(40)60(44(55)64)35-11-12-38(62)53-43(35)63)5-3-19-65-32-13-16-56(17-14-32)23-27-7-9-31(10-8-27)59-24-29(39(54-59)41(46)47)20-36(61)33-22-51-58-18-15-37(52-42(33)58)57-25-30(50)21-45(48,49)26-57/h2,4,6,15,18,22,24,27,30-32,35,41H,3,5,7-14,16-17,19-21,23,25-26,50H2,1H3,(H,53,62,63)/t27?,30-,31?,35?/m1/s1. The van der Waals surface area contributed by atoms with E-state index in [0.29, 0.717) is 24.5 Å². The molecular formula is C45H55F4N11O5. The van der Waals surface area contributed by atoms with Crippen LogP contribution in [0.3, 0.4) is 0 Å². The molecule has 4 aromatic heterocycles. The lowest BCUT2D eigenvalue weighted by molar-refractivity contribution is -0.135. The fourth-order valence-corrected chi connectivity index (χ4v) is 10.4. The number of ether oxygens (including phenoxy) is 1. The summed E-state index contributed by atoms with van der Waals surface area (Å²) in [6, 6.07) is 5.74. The summed E-state index contributed by atoms with van der Waals surface area (Å²) in [5, 5.41) is 10.8. The van der Waals surface area contributed by atoms with Crippen molar-refractivity contribution < 1.29 is 36.7 Å². The first kappa shape index (κ1) is 44.7. The number of ketones is 1. The highest BCUT2D eigenvalue weighted by molar-refractivity contribution is 6.02. The van der Waals surface area contributed by atoms with Crippen molar-refractivity contribution in [3.63, 3.8) is 0 Å². The van der Waals surface area contributed by atoms with E-state index in [1.54, 1.807) is 22.5 Å². The van der Waals surface area contributed by atoms with E-state index in [9.17, 15) is 36.7 Å². The zero-order valence-electron chi connectivity index (χ0n) is 36.4. The minimum absolute atomic E-state index is 0.0657. The van der Waals surface area contributed by atoms with E-state index in [1.807, 2.05) is 18.2 Å². The van der Waals surface area contributed by atoms with Crippen molar-refractivity contribution in [1.82, 2.24) is 43.7 Å². The lowest BCUT2D eigenvalue weighted by Crippen LogP contribution is -2.52. The van der Waals surface area contributed by atoms with Crippen LogP contribution in [0.2, 0.25) is 0 Å². The van der Waals surface area contributed by atoms with Gasteiger partial charge in [-0.1, -0.05) is 12.1 Å². The fourth-order valence-electron chi connectivity index (χ4n) is 10.4. The Kier molecular flexibility index (Phi) is 12.7. The number of nitrogens with one attached hydrogen (secondary N) is 1. The van der Waals surface area contributed by atoms with Gasteiger partial charge >= 0.3 is 5.69 Å². The molecule has 5 aromatic rings. The van der Waals surface area contributed by atoms with Gasteiger partial charge in [-0.15, -0.1) is 0 Å². The van der Waals surface area contributed by atoms with Gasteiger partial charge in [0.15, 0.2) is 11.4 Å². The zero-order valence-corrected chi connectivity index (χ0v) is 36.4. The summed E-state index contributed by atoms with van der Waals surface area (Å²) in [6.07, 6.45) is 8.18. The van der Waals surface area contributed by atoms with Gasteiger partial charge in [-0.25, -0.2) is 31.9 Å². The number of anilines is 1. The molecule has 1 aliphatic carbocycles. The number of benzene rings is 1. The molecule has 0 radical (unpaired) electrons. The summed E-state index contributed by atoms with van der Waals surface area (Å²) >= 11 is 0. The van der Waals surface area contributed by atoms with Gasteiger partial charge < -0.3 is 20.3 Å². The number of nitrogens with two attached hydrogens (primary N) is 1. The Balaban J connectivity index is 0.735. The van der Waals surface area contributed by atoms with E-state index >= 15 is 0 Å². The number of nitrogens with zero attached hydrogens (tertiary/aromatic N) is 9. The summed E-state index contributed by atoms with van der Waals surface area (Å²) in [6.45, 7) is 3.03. The number of likely N-dealkylation sites (tertiary alicyclic amines) is 1. The highest BCUT2D eigenvalue weighted by Gasteiger charge is 2.40. The SMILES string of the molecule is Cn1c(=O)n(C2CCC(=O)NC2=O)c2cccc(CCCOC3CCN(CC4CCC(n5cc(CC(=O)c6cnn7ccc(N8C[C@H](N)CC(F)(F)C8)nc67)c(C(F)F)n5)CC4)CC3)c21. The molecule has 1 aromatic carbocycles. The summed E-state index contributed by atoms with van der Waals surface area (Å²) in [5.41, 5.74) is 8.05. The van der Waals surface area contributed by atoms with E-state index in [0.717, 1.165) is 75.7 Å². The number of hydrogen-bond donors (Lipinski definition) is 2. The summed E-state index contributed by atoms with van der Waals surface area (Å²) in [4.78, 5) is 59.6. The Labute approximate surface area is 372 Å². The number of carbonyl (C=O) groups is 3. The predicted octanol–water partition coefficient (Wildman–Crippen LogP) is 4.94. The third-order valence-electron chi connectivity index (χ3n) is 13.7. The van der Waals surface area contributed by atoms with Crippen LogP contribution in [-0.2, 0) is 34.2 Å². The van der Waals surface area contributed by atoms with Gasteiger partial charge in [-0.3, -0.25) is 33.5 Å². The van der Waals surface area contributed by atoms with E-state index in [2.05, 4.69) is 25.4 Å². The molecule has 20 heteroatoms. The van der Waals surface area contributed by atoms with Crippen molar-refractivity contribution in [2.45, 2.75) is 114 Å². The van der Waals surface area contributed by atoms with Crippen molar-refractivity contribution in [2.75, 3.05) is 44.2 Å². The molecule has 1 saturated carbocycles. The maximum atomic E-state index is 14.3. The van der Waals surface area contributed by atoms with Gasteiger partial charge in [0.2, 0.25) is 11.8 Å². The van der Waals surface area contributed by atoms with Gasteiger partial charge in [-0.2, -0.15) is 10.2 Å². The lowest BCUT2D eigenvalue weighted by atomic mass is 9.85. The second-order valence-corrected chi connectivity index (χ2v) is 18.3. The Morgan fingerprint density at radius 1 is 1.03 bits per heavy atom. The number of Topliss-reactive ketones (excluding diaryl/α,β-unsaturated/α-hetero) is 1. The van der Waals surface area contributed by atoms with Crippen LogP contribution >= 0.6 is 0 Å². The number of fused-ring (bicyclic) bond motifs is 2. The highest BCUT2D eigenvalue weighted by atomic mass is 19.3. The largest absolute Gasteiger partial charge is 0.378 e. The number of alkyl halides is 4. The molecule has 16 nitrogen and oxygen atoms in total. The van der Waals surface area contributed by atoms with Gasteiger partial charge in [-0.05, 0) is 81.4 Å². The molecule has 3 saturated heterocycles. The van der Waals surface area contributed by atoms with Crippen LogP contribution in [0.1, 0.15) is 110 Å². The number of halogens is 4. The number of imide groups is 1. The van der Waals surface area contributed by atoms with Crippen LogP contribution < -0.4 is 21.6 Å². The molecule has 9 rings (SSSR count). The molecule has 348 valence electrons. The van der Waals surface area contributed by atoms with Gasteiger partial charge in [0.25, 0.3) is 12.3 Å². The third kappa shape index (κ3) is 9.47. The van der Waals surface area contributed by atoms with Crippen LogP contribution in [0.15, 0.2) is 47.7 Å². The van der Waals surface area contributed by atoms with Gasteiger partial charge in [0, 0.05) is 83.1 Å². The maximum Gasteiger partial charge on any atom is 0.329 e. The van der Waals surface area contributed by atoms with Crippen molar-refractivity contribution in [3.8, 4) is 0 Å². The normalized spacial score (nSPS) is 23.5. The van der Waals surface area contributed by atoms with Gasteiger partial charge in [0.1, 0.15) is 17.6 Å². The molecule has 0 bridgehead atoms. The first-order valence-electron chi connectivity index (χ1n) is 22.7.